The van der Waals surface area contributed by atoms with Crippen LogP contribution < -0.4 is 10.1 Å². The molecule has 2 aromatic carbocycles. The van der Waals surface area contributed by atoms with Crippen LogP contribution in [0.5, 0.6) is 5.75 Å². The van der Waals surface area contributed by atoms with Gasteiger partial charge in [-0.25, -0.2) is 4.39 Å². The van der Waals surface area contributed by atoms with Gasteiger partial charge in [0.15, 0.2) is 0 Å². The van der Waals surface area contributed by atoms with E-state index in [1.165, 1.54) is 6.07 Å². The number of rotatable bonds is 6. The lowest BCUT2D eigenvalue weighted by Gasteiger charge is -2.15. The number of nitrogens with one attached hydrogen (secondary N) is 1. The molecule has 1 atom stereocenters. The first kappa shape index (κ1) is 15.8. The van der Waals surface area contributed by atoms with Gasteiger partial charge in [0.05, 0.1) is 0 Å². The molecule has 2 rings (SSSR count). The first-order valence-electron chi connectivity index (χ1n) is 7.01. The molecule has 4 heteroatoms. The van der Waals surface area contributed by atoms with E-state index in [-0.39, 0.29) is 11.9 Å². The average molecular weight is 308 g/mol. The van der Waals surface area contributed by atoms with E-state index in [2.05, 4.69) is 5.32 Å². The zero-order valence-electron chi connectivity index (χ0n) is 12.2. The summed E-state index contributed by atoms with van der Waals surface area (Å²) in [5.74, 6) is 0.236. The van der Waals surface area contributed by atoms with E-state index in [0.717, 1.165) is 12.1 Å². The molecule has 0 radical (unpaired) electrons. The summed E-state index contributed by atoms with van der Waals surface area (Å²) in [6.45, 7) is 5.05. The van der Waals surface area contributed by atoms with Gasteiger partial charge in [0.25, 0.3) is 0 Å². The van der Waals surface area contributed by atoms with Crippen LogP contribution in [0.3, 0.4) is 0 Å². The van der Waals surface area contributed by atoms with Crippen LogP contribution in [0.25, 0.3) is 0 Å². The highest BCUT2D eigenvalue weighted by atomic mass is 35.5. The van der Waals surface area contributed by atoms with E-state index in [1.54, 1.807) is 12.1 Å². The van der Waals surface area contributed by atoms with Crippen molar-refractivity contribution in [3.05, 3.63) is 64.4 Å². The van der Waals surface area contributed by atoms with Gasteiger partial charge in [-0.1, -0.05) is 42.8 Å². The highest BCUT2D eigenvalue weighted by Crippen LogP contribution is 2.23. The largest absolute Gasteiger partial charge is 0.489 e. The molecule has 0 aliphatic heterocycles. The minimum absolute atomic E-state index is 0.0207. The third-order valence-corrected chi connectivity index (χ3v) is 3.67. The van der Waals surface area contributed by atoms with Gasteiger partial charge < -0.3 is 10.1 Å². The van der Waals surface area contributed by atoms with Crippen LogP contribution in [-0.4, -0.2) is 6.54 Å². The van der Waals surface area contributed by atoms with Crippen molar-refractivity contribution in [1.82, 2.24) is 5.32 Å². The van der Waals surface area contributed by atoms with Crippen molar-refractivity contribution in [1.29, 1.82) is 0 Å². The molecule has 1 unspecified atom stereocenters. The average Bonchev–Trinajstić information content (AvgIpc) is 2.46. The van der Waals surface area contributed by atoms with Crippen molar-refractivity contribution in [3.8, 4) is 5.75 Å². The van der Waals surface area contributed by atoms with E-state index in [4.69, 9.17) is 16.3 Å². The number of halogens is 2. The van der Waals surface area contributed by atoms with E-state index in [0.29, 0.717) is 22.9 Å². The third kappa shape index (κ3) is 4.19. The predicted molar refractivity (Wildman–Crippen MR) is 84.3 cm³/mol. The molecule has 0 saturated carbocycles. The zero-order chi connectivity index (χ0) is 15.2. The van der Waals surface area contributed by atoms with E-state index >= 15 is 0 Å². The Labute approximate surface area is 129 Å². The lowest BCUT2D eigenvalue weighted by molar-refractivity contribution is 0.304. The van der Waals surface area contributed by atoms with Crippen molar-refractivity contribution in [3.63, 3.8) is 0 Å². The van der Waals surface area contributed by atoms with Gasteiger partial charge in [0.2, 0.25) is 0 Å². The molecule has 1 N–H and O–H groups in total. The van der Waals surface area contributed by atoms with Crippen LogP contribution in [0, 0.1) is 5.82 Å². The topological polar surface area (TPSA) is 21.3 Å². The molecule has 0 aliphatic rings. The second-order valence-corrected chi connectivity index (χ2v) is 5.25. The predicted octanol–water partition coefficient (Wildman–Crippen LogP) is 4.73. The quantitative estimate of drug-likeness (QED) is 0.833. The molecule has 21 heavy (non-hydrogen) atoms. The Morgan fingerprint density at radius 1 is 1.24 bits per heavy atom. The van der Waals surface area contributed by atoms with Gasteiger partial charge in [0.1, 0.15) is 18.2 Å². The maximum Gasteiger partial charge on any atom is 0.131 e. The fourth-order valence-corrected chi connectivity index (χ4v) is 2.33. The number of hydrogen-bond donors (Lipinski definition) is 1. The van der Waals surface area contributed by atoms with Crippen molar-refractivity contribution < 1.29 is 9.13 Å². The fourth-order valence-electron chi connectivity index (χ4n) is 2.14. The van der Waals surface area contributed by atoms with Crippen molar-refractivity contribution >= 4 is 11.6 Å². The Hall–Kier alpha value is -1.58. The molecule has 0 fully saturated rings. The minimum atomic E-state index is -0.264. The first-order valence-corrected chi connectivity index (χ1v) is 7.38. The SMILES string of the molecule is CCNC(C)c1ccc(OCc2ccccc2Cl)cc1F. The van der Waals surface area contributed by atoms with Crippen LogP contribution in [0.2, 0.25) is 5.02 Å². The zero-order valence-corrected chi connectivity index (χ0v) is 13.0. The molecule has 0 aromatic heterocycles. The standard InChI is InChI=1S/C17H19ClFNO/c1-3-20-12(2)15-9-8-14(10-17(15)19)21-11-13-6-4-5-7-16(13)18/h4-10,12,20H,3,11H2,1-2H3. The Balaban J connectivity index is 2.05. The summed E-state index contributed by atoms with van der Waals surface area (Å²) in [7, 11) is 0. The van der Waals surface area contributed by atoms with Gasteiger partial charge in [0, 0.05) is 28.3 Å². The van der Waals surface area contributed by atoms with Crippen LogP contribution in [0.15, 0.2) is 42.5 Å². The summed E-state index contributed by atoms with van der Waals surface area (Å²) in [5, 5.41) is 3.84. The van der Waals surface area contributed by atoms with E-state index < -0.39 is 0 Å². The van der Waals surface area contributed by atoms with Crippen molar-refractivity contribution in [2.75, 3.05) is 6.54 Å². The molecule has 0 aliphatic carbocycles. The van der Waals surface area contributed by atoms with E-state index in [9.17, 15) is 4.39 Å². The fraction of sp³-hybridized carbons (Fsp3) is 0.294. The van der Waals surface area contributed by atoms with E-state index in [1.807, 2.05) is 38.1 Å². The van der Waals surface area contributed by atoms with Gasteiger partial charge in [-0.2, -0.15) is 0 Å². The molecule has 112 valence electrons. The lowest BCUT2D eigenvalue weighted by atomic mass is 10.1. The summed E-state index contributed by atoms with van der Waals surface area (Å²) < 4.78 is 19.7. The van der Waals surface area contributed by atoms with Crippen LogP contribution in [-0.2, 0) is 6.61 Å². The van der Waals surface area contributed by atoms with Crippen LogP contribution in [0.4, 0.5) is 4.39 Å². The number of benzene rings is 2. The normalized spacial score (nSPS) is 12.2. The molecule has 0 saturated heterocycles. The highest BCUT2D eigenvalue weighted by Gasteiger charge is 2.11. The van der Waals surface area contributed by atoms with Gasteiger partial charge in [-0.15, -0.1) is 0 Å². The van der Waals surface area contributed by atoms with Gasteiger partial charge in [-0.05, 0) is 25.6 Å². The van der Waals surface area contributed by atoms with Crippen molar-refractivity contribution in [2.45, 2.75) is 26.5 Å². The maximum atomic E-state index is 14.1. The molecule has 0 spiro atoms. The summed E-state index contributed by atoms with van der Waals surface area (Å²) in [5.41, 5.74) is 1.52. The highest BCUT2D eigenvalue weighted by molar-refractivity contribution is 6.31. The van der Waals surface area contributed by atoms with Crippen LogP contribution >= 0.6 is 11.6 Å². The van der Waals surface area contributed by atoms with Crippen LogP contribution in [0.1, 0.15) is 31.0 Å². The molecule has 0 heterocycles. The molecule has 0 bridgehead atoms. The second kappa shape index (κ2) is 7.43. The van der Waals surface area contributed by atoms with Crippen molar-refractivity contribution in [2.24, 2.45) is 0 Å². The van der Waals surface area contributed by atoms with Gasteiger partial charge >= 0.3 is 0 Å². The Kier molecular flexibility index (Phi) is 5.59. The van der Waals surface area contributed by atoms with Gasteiger partial charge in [-0.3, -0.25) is 0 Å². The summed E-state index contributed by atoms with van der Waals surface area (Å²) >= 11 is 6.06. The molecular weight excluding hydrogens is 289 g/mol. The Bertz CT molecular complexity index is 603. The molecule has 0 amide bonds. The molecule has 2 nitrogen and oxygen atoms in total. The molecule has 2 aromatic rings. The maximum absolute atomic E-state index is 14.1. The lowest BCUT2D eigenvalue weighted by Crippen LogP contribution is -2.18. The Morgan fingerprint density at radius 2 is 2.00 bits per heavy atom. The second-order valence-electron chi connectivity index (χ2n) is 4.84. The summed E-state index contributed by atoms with van der Waals surface area (Å²) in [6.07, 6.45) is 0. The monoisotopic (exact) mass is 307 g/mol. The Morgan fingerprint density at radius 3 is 2.67 bits per heavy atom. The number of hydrogen-bond acceptors (Lipinski definition) is 2. The summed E-state index contributed by atoms with van der Waals surface area (Å²) in [6, 6.07) is 12.4. The third-order valence-electron chi connectivity index (χ3n) is 3.30. The molecular formula is C17H19ClFNO. The summed E-state index contributed by atoms with van der Waals surface area (Å²) in [4.78, 5) is 0. The minimum Gasteiger partial charge on any atom is -0.489 e. The first-order chi connectivity index (χ1) is 10.1. The number of ether oxygens (including phenoxy) is 1. The smallest absolute Gasteiger partial charge is 0.131 e.